The molecule has 1 N–H and O–H groups in total. The predicted molar refractivity (Wildman–Crippen MR) is 71.5 cm³/mol. The van der Waals surface area contributed by atoms with Crippen LogP contribution >= 0.6 is 0 Å². The molecule has 1 unspecified atom stereocenters. The molecule has 0 heterocycles. The van der Waals surface area contributed by atoms with Crippen molar-refractivity contribution >= 4 is 0 Å². The van der Waals surface area contributed by atoms with Gasteiger partial charge in [-0.25, -0.2) is 0 Å². The molecule has 17 heavy (non-hydrogen) atoms. The monoisotopic (exact) mass is 230 g/mol. The van der Waals surface area contributed by atoms with Crippen LogP contribution in [0.3, 0.4) is 0 Å². The normalized spacial score (nSPS) is 14.3. The molecule has 0 spiro atoms. The van der Waals surface area contributed by atoms with Crippen molar-refractivity contribution in [2.75, 3.05) is 0 Å². The topological polar surface area (TPSA) is 35.8 Å². The summed E-state index contributed by atoms with van der Waals surface area (Å²) in [5.74, 6) is 0.436. The average Bonchev–Trinajstić information content (AvgIpc) is 2.39. The van der Waals surface area contributed by atoms with E-state index < -0.39 is 0 Å². The van der Waals surface area contributed by atoms with Gasteiger partial charge in [-0.2, -0.15) is 5.26 Å². The highest BCUT2D eigenvalue weighted by atomic mass is 14.9. The van der Waals surface area contributed by atoms with Gasteiger partial charge in [-0.3, -0.25) is 5.32 Å². The summed E-state index contributed by atoms with van der Waals surface area (Å²) in [5.41, 5.74) is 1.23. The molecule has 1 rings (SSSR count). The highest BCUT2D eigenvalue weighted by molar-refractivity contribution is 5.18. The number of hydrogen-bond acceptors (Lipinski definition) is 2. The van der Waals surface area contributed by atoms with Crippen molar-refractivity contribution in [3.05, 3.63) is 35.9 Å². The molecule has 0 bridgehead atoms. The van der Waals surface area contributed by atoms with E-state index in [1.807, 2.05) is 18.2 Å². The quantitative estimate of drug-likeness (QED) is 0.809. The Kier molecular flexibility index (Phi) is 5.72. The maximum absolute atomic E-state index is 9.24. The molecule has 2 atom stereocenters. The van der Waals surface area contributed by atoms with Crippen LogP contribution in [0, 0.1) is 17.2 Å². The maximum atomic E-state index is 9.24. The fraction of sp³-hybridized carbons (Fsp3) is 0.533. The Balaban J connectivity index is 2.66. The van der Waals surface area contributed by atoms with E-state index in [0.717, 1.165) is 12.8 Å². The molecule has 0 fully saturated rings. The zero-order chi connectivity index (χ0) is 12.7. The second-order valence-corrected chi connectivity index (χ2v) is 4.48. The van der Waals surface area contributed by atoms with Crippen LogP contribution in [0.4, 0.5) is 0 Å². The van der Waals surface area contributed by atoms with Crippen molar-refractivity contribution in [3.8, 4) is 6.07 Å². The third-order valence-corrected chi connectivity index (χ3v) is 3.39. The maximum Gasteiger partial charge on any atom is 0.0985 e. The van der Waals surface area contributed by atoms with Crippen LogP contribution in [0.15, 0.2) is 30.3 Å². The molecule has 0 aliphatic carbocycles. The lowest BCUT2D eigenvalue weighted by atomic mass is 9.94. The van der Waals surface area contributed by atoms with E-state index in [9.17, 15) is 5.26 Å². The Bertz CT molecular complexity index is 349. The van der Waals surface area contributed by atoms with Crippen molar-refractivity contribution in [2.45, 2.75) is 45.7 Å². The Labute approximate surface area is 105 Å². The molecule has 2 heteroatoms. The van der Waals surface area contributed by atoms with Crippen molar-refractivity contribution in [1.29, 1.82) is 5.26 Å². The number of benzene rings is 1. The zero-order valence-corrected chi connectivity index (χ0v) is 11.0. The standard InChI is InChI=1S/C15H22N2/c1-4-13(5-2)15(11-16)17-12(3)14-9-7-6-8-10-14/h6-10,12-13,15,17H,4-5H2,1-3H3/t12-,15?/m0/s1. The Morgan fingerprint density at radius 2 is 1.76 bits per heavy atom. The van der Waals surface area contributed by atoms with Gasteiger partial charge < -0.3 is 0 Å². The predicted octanol–water partition coefficient (Wildman–Crippen LogP) is 3.67. The van der Waals surface area contributed by atoms with Crippen LogP contribution in [0.2, 0.25) is 0 Å². The molecule has 1 aromatic rings. The number of nitrogens with zero attached hydrogens (tertiary/aromatic N) is 1. The van der Waals surface area contributed by atoms with E-state index in [1.165, 1.54) is 5.56 Å². The minimum absolute atomic E-state index is 0.0554. The van der Waals surface area contributed by atoms with E-state index in [0.29, 0.717) is 5.92 Å². The summed E-state index contributed by atoms with van der Waals surface area (Å²) in [6.45, 7) is 6.41. The molecular weight excluding hydrogens is 208 g/mol. The van der Waals surface area contributed by atoms with Crippen LogP contribution in [-0.2, 0) is 0 Å². The van der Waals surface area contributed by atoms with Gasteiger partial charge >= 0.3 is 0 Å². The fourth-order valence-corrected chi connectivity index (χ4v) is 2.15. The first-order chi connectivity index (χ1) is 8.22. The molecular formula is C15H22N2. The SMILES string of the molecule is CCC(CC)C(C#N)N[C@@H](C)c1ccccc1. The third-order valence-electron chi connectivity index (χ3n) is 3.39. The lowest BCUT2D eigenvalue weighted by Gasteiger charge is -2.24. The summed E-state index contributed by atoms with van der Waals surface area (Å²) < 4.78 is 0. The smallest absolute Gasteiger partial charge is 0.0985 e. The zero-order valence-electron chi connectivity index (χ0n) is 11.0. The van der Waals surface area contributed by atoms with Gasteiger partial charge in [-0.15, -0.1) is 0 Å². The van der Waals surface area contributed by atoms with E-state index in [-0.39, 0.29) is 12.1 Å². The summed E-state index contributed by atoms with van der Waals surface area (Å²) in [6, 6.07) is 12.8. The largest absolute Gasteiger partial charge is 0.295 e. The Hall–Kier alpha value is -1.33. The van der Waals surface area contributed by atoms with Gasteiger partial charge in [0.2, 0.25) is 0 Å². The molecule has 0 radical (unpaired) electrons. The van der Waals surface area contributed by atoms with Crippen molar-refractivity contribution in [3.63, 3.8) is 0 Å². The van der Waals surface area contributed by atoms with Crippen LogP contribution < -0.4 is 5.32 Å². The van der Waals surface area contributed by atoms with Crippen LogP contribution in [-0.4, -0.2) is 6.04 Å². The van der Waals surface area contributed by atoms with Gasteiger partial charge in [-0.05, 0) is 18.4 Å². The van der Waals surface area contributed by atoms with Crippen LogP contribution in [0.5, 0.6) is 0 Å². The highest BCUT2D eigenvalue weighted by Gasteiger charge is 2.20. The van der Waals surface area contributed by atoms with E-state index in [1.54, 1.807) is 0 Å². The summed E-state index contributed by atoms with van der Waals surface area (Å²) in [5, 5.41) is 12.7. The van der Waals surface area contributed by atoms with Crippen molar-refractivity contribution in [2.24, 2.45) is 5.92 Å². The Morgan fingerprint density at radius 1 is 1.18 bits per heavy atom. The summed E-state index contributed by atoms with van der Waals surface area (Å²) in [7, 11) is 0. The molecule has 2 nitrogen and oxygen atoms in total. The van der Waals surface area contributed by atoms with Gasteiger partial charge in [0, 0.05) is 6.04 Å². The first-order valence-electron chi connectivity index (χ1n) is 6.43. The van der Waals surface area contributed by atoms with Gasteiger partial charge in [-0.1, -0.05) is 57.0 Å². The van der Waals surface area contributed by atoms with E-state index >= 15 is 0 Å². The third kappa shape index (κ3) is 3.87. The van der Waals surface area contributed by atoms with Crippen LogP contribution in [0.1, 0.15) is 45.2 Å². The van der Waals surface area contributed by atoms with Gasteiger partial charge in [0.25, 0.3) is 0 Å². The van der Waals surface area contributed by atoms with E-state index in [4.69, 9.17) is 0 Å². The molecule has 0 saturated carbocycles. The molecule has 1 aromatic carbocycles. The second-order valence-electron chi connectivity index (χ2n) is 4.48. The summed E-state index contributed by atoms with van der Waals surface area (Å²) in [6.07, 6.45) is 2.09. The Morgan fingerprint density at radius 3 is 2.24 bits per heavy atom. The molecule has 92 valence electrons. The van der Waals surface area contributed by atoms with E-state index in [2.05, 4.69) is 44.3 Å². The molecule has 0 amide bonds. The summed E-state index contributed by atoms with van der Waals surface area (Å²) in [4.78, 5) is 0. The molecule has 0 aliphatic rings. The van der Waals surface area contributed by atoms with Crippen molar-refractivity contribution in [1.82, 2.24) is 5.32 Å². The molecule has 0 aromatic heterocycles. The second kappa shape index (κ2) is 7.09. The number of nitrogens with one attached hydrogen (secondary N) is 1. The lowest BCUT2D eigenvalue weighted by molar-refractivity contribution is 0.363. The minimum atomic E-state index is -0.0554. The van der Waals surface area contributed by atoms with Crippen LogP contribution in [0.25, 0.3) is 0 Å². The number of nitriles is 1. The van der Waals surface area contributed by atoms with Crippen molar-refractivity contribution < 1.29 is 0 Å². The average molecular weight is 230 g/mol. The first-order valence-corrected chi connectivity index (χ1v) is 6.43. The number of hydrogen-bond donors (Lipinski definition) is 1. The number of rotatable bonds is 6. The highest BCUT2D eigenvalue weighted by Crippen LogP contribution is 2.18. The van der Waals surface area contributed by atoms with Gasteiger partial charge in [0.15, 0.2) is 0 Å². The molecule has 0 aliphatic heterocycles. The minimum Gasteiger partial charge on any atom is -0.295 e. The first kappa shape index (κ1) is 13.7. The lowest BCUT2D eigenvalue weighted by Crippen LogP contribution is -2.36. The van der Waals surface area contributed by atoms with Gasteiger partial charge in [0.1, 0.15) is 0 Å². The summed E-state index contributed by atoms with van der Waals surface area (Å²) >= 11 is 0. The molecule has 0 saturated heterocycles. The van der Waals surface area contributed by atoms with Gasteiger partial charge in [0.05, 0.1) is 12.1 Å². The fourth-order valence-electron chi connectivity index (χ4n) is 2.15.